The molecule has 0 saturated heterocycles. The number of rotatable bonds is 2. The summed E-state index contributed by atoms with van der Waals surface area (Å²) >= 11 is 8.94. The van der Waals surface area contributed by atoms with Crippen molar-refractivity contribution in [1.29, 1.82) is 0 Å². The van der Waals surface area contributed by atoms with Gasteiger partial charge in [-0.2, -0.15) is 0 Å². The van der Waals surface area contributed by atoms with Crippen LogP contribution in [0.15, 0.2) is 46.2 Å². The predicted octanol–water partition coefficient (Wildman–Crippen LogP) is 3.97. The van der Waals surface area contributed by atoms with Gasteiger partial charge in [0.05, 0.1) is 11.1 Å². The Balaban J connectivity index is 2.65. The van der Waals surface area contributed by atoms with Crippen molar-refractivity contribution in [3.8, 4) is 0 Å². The van der Waals surface area contributed by atoms with Crippen LogP contribution in [0.3, 0.4) is 0 Å². The van der Waals surface area contributed by atoms with Crippen LogP contribution in [-0.4, -0.2) is 22.2 Å². The number of benzene rings is 3. The molecule has 3 aromatic carbocycles. The van der Waals surface area contributed by atoms with Crippen LogP contribution >= 0.6 is 25.3 Å². The molecule has 0 spiro atoms. The highest BCUT2D eigenvalue weighted by Gasteiger charge is 2.23. The zero-order chi connectivity index (χ0) is 16.0. The molecule has 3 aromatic rings. The Hall–Kier alpha value is -2.18. The molecule has 3 rings (SSSR count). The van der Waals surface area contributed by atoms with Gasteiger partial charge in [0.15, 0.2) is 0 Å². The number of thiol groups is 2. The van der Waals surface area contributed by atoms with Crippen LogP contribution in [0, 0.1) is 0 Å². The van der Waals surface area contributed by atoms with Crippen molar-refractivity contribution in [1.82, 2.24) is 0 Å². The summed E-state index contributed by atoms with van der Waals surface area (Å²) in [6.45, 7) is 0. The summed E-state index contributed by atoms with van der Waals surface area (Å²) in [4.78, 5) is 24.0. The van der Waals surface area contributed by atoms with E-state index < -0.39 is 11.9 Å². The van der Waals surface area contributed by atoms with Gasteiger partial charge in [-0.1, -0.05) is 30.3 Å². The molecule has 0 aliphatic rings. The summed E-state index contributed by atoms with van der Waals surface area (Å²) < 4.78 is 0. The van der Waals surface area contributed by atoms with Gasteiger partial charge in [-0.25, -0.2) is 9.59 Å². The Morgan fingerprint density at radius 1 is 0.773 bits per heavy atom. The lowest BCUT2D eigenvalue weighted by molar-refractivity contribution is 0.0653. The second-order valence-electron chi connectivity index (χ2n) is 4.76. The predicted molar refractivity (Wildman–Crippen MR) is 89.9 cm³/mol. The number of fused-ring (bicyclic) bond motifs is 2. The highest BCUT2D eigenvalue weighted by atomic mass is 32.1. The summed E-state index contributed by atoms with van der Waals surface area (Å²) in [6.07, 6.45) is 0. The van der Waals surface area contributed by atoms with E-state index in [1.165, 1.54) is 6.07 Å². The Bertz CT molecular complexity index is 963. The normalized spacial score (nSPS) is 11.0. The average molecular weight is 330 g/mol. The fourth-order valence-corrected chi connectivity index (χ4v) is 3.43. The van der Waals surface area contributed by atoms with E-state index in [9.17, 15) is 19.8 Å². The zero-order valence-corrected chi connectivity index (χ0v) is 12.9. The fraction of sp³-hybridized carbons (Fsp3) is 0. The first-order valence-corrected chi connectivity index (χ1v) is 7.19. The molecule has 22 heavy (non-hydrogen) atoms. The van der Waals surface area contributed by atoms with E-state index in [1.807, 2.05) is 18.2 Å². The molecule has 0 amide bonds. The summed E-state index contributed by atoms with van der Waals surface area (Å²) in [5.74, 6) is -2.60. The highest BCUT2D eigenvalue weighted by molar-refractivity contribution is 7.81. The molecule has 0 radical (unpaired) electrons. The van der Waals surface area contributed by atoms with Crippen molar-refractivity contribution in [2.75, 3.05) is 0 Å². The summed E-state index contributed by atoms with van der Waals surface area (Å²) in [6, 6.07) is 10.2. The standard InChI is InChI=1S/C16H10O4S2/c17-15(18)10-6-5-9-11(12(10)16(19)20)14(22)8-4-2-1-3-7(8)13(9)21/h1-6,21-22H,(H,17,18)(H,19,20). The van der Waals surface area contributed by atoms with Crippen LogP contribution in [0.1, 0.15) is 20.7 Å². The lowest BCUT2D eigenvalue weighted by Crippen LogP contribution is -2.09. The van der Waals surface area contributed by atoms with Crippen LogP contribution in [0.2, 0.25) is 0 Å². The average Bonchev–Trinajstić information content (AvgIpc) is 2.51. The van der Waals surface area contributed by atoms with Crippen LogP contribution < -0.4 is 0 Å². The molecule has 0 aromatic heterocycles. The van der Waals surface area contributed by atoms with E-state index in [1.54, 1.807) is 12.1 Å². The van der Waals surface area contributed by atoms with E-state index in [2.05, 4.69) is 25.3 Å². The molecular formula is C16H10O4S2. The molecule has 2 N–H and O–H groups in total. The highest BCUT2D eigenvalue weighted by Crippen LogP contribution is 2.39. The van der Waals surface area contributed by atoms with Gasteiger partial charge in [-0.15, -0.1) is 25.3 Å². The third-order valence-electron chi connectivity index (χ3n) is 3.58. The second-order valence-corrected chi connectivity index (χ2v) is 5.66. The summed E-state index contributed by atoms with van der Waals surface area (Å²) in [5.41, 5.74) is -0.533. The molecule has 0 bridgehead atoms. The number of aromatic carboxylic acids is 2. The van der Waals surface area contributed by atoms with Gasteiger partial charge in [0.25, 0.3) is 0 Å². The number of carboxylic acid groups (broad SMARTS) is 2. The van der Waals surface area contributed by atoms with Crippen molar-refractivity contribution in [3.63, 3.8) is 0 Å². The van der Waals surface area contributed by atoms with Crippen LogP contribution in [0.25, 0.3) is 21.5 Å². The Labute approximate surface area is 136 Å². The van der Waals surface area contributed by atoms with Crippen molar-refractivity contribution in [2.45, 2.75) is 9.79 Å². The Kier molecular flexibility index (Phi) is 3.50. The molecule has 0 heterocycles. The minimum atomic E-state index is -1.30. The molecule has 0 saturated carbocycles. The number of hydrogen-bond donors (Lipinski definition) is 4. The monoisotopic (exact) mass is 330 g/mol. The lowest BCUT2D eigenvalue weighted by atomic mass is 9.95. The minimum Gasteiger partial charge on any atom is -0.478 e. The number of hydrogen-bond acceptors (Lipinski definition) is 4. The van der Waals surface area contributed by atoms with Gasteiger partial charge >= 0.3 is 11.9 Å². The molecular weight excluding hydrogens is 320 g/mol. The topological polar surface area (TPSA) is 74.6 Å². The minimum absolute atomic E-state index is 0.265. The maximum Gasteiger partial charge on any atom is 0.337 e. The van der Waals surface area contributed by atoms with Gasteiger partial charge in [0.2, 0.25) is 0 Å². The quantitative estimate of drug-likeness (QED) is 0.424. The third-order valence-corrected chi connectivity index (χ3v) is 4.53. The SMILES string of the molecule is O=C(O)c1ccc2c(S)c3ccccc3c(S)c2c1C(=O)O. The smallest absolute Gasteiger partial charge is 0.337 e. The third kappa shape index (κ3) is 2.03. The van der Waals surface area contributed by atoms with Gasteiger partial charge in [-0.3, -0.25) is 0 Å². The van der Waals surface area contributed by atoms with Crippen molar-refractivity contribution in [3.05, 3.63) is 47.5 Å². The van der Waals surface area contributed by atoms with E-state index in [0.29, 0.717) is 20.6 Å². The largest absolute Gasteiger partial charge is 0.478 e. The number of carbonyl (C=O) groups is 2. The zero-order valence-electron chi connectivity index (χ0n) is 11.1. The van der Waals surface area contributed by atoms with Crippen molar-refractivity contribution in [2.24, 2.45) is 0 Å². The van der Waals surface area contributed by atoms with Crippen molar-refractivity contribution < 1.29 is 19.8 Å². The van der Waals surface area contributed by atoms with E-state index >= 15 is 0 Å². The maximum absolute atomic E-state index is 11.6. The van der Waals surface area contributed by atoms with Gasteiger partial charge in [-0.05, 0) is 22.2 Å². The fourth-order valence-electron chi connectivity index (χ4n) is 2.62. The molecule has 0 fully saturated rings. The first-order valence-electron chi connectivity index (χ1n) is 6.29. The first kappa shape index (κ1) is 14.7. The molecule has 0 atom stereocenters. The summed E-state index contributed by atoms with van der Waals surface area (Å²) in [5, 5.41) is 21.1. The first-order chi connectivity index (χ1) is 10.4. The number of carboxylic acids is 2. The summed E-state index contributed by atoms with van der Waals surface area (Å²) in [7, 11) is 0. The molecule has 110 valence electrons. The molecule has 0 aliphatic heterocycles. The Morgan fingerprint density at radius 2 is 1.36 bits per heavy atom. The lowest BCUT2D eigenvalue weighted by Gasteiger charge is -2.14. The second kappa shape index (κ2) is 5.23. The van der Waals surface area contributed by atoms with Crippen LogP contribution in [0.5, 0.6) is 0 Å². The molecule has 0 aliphatic carbocycles. The van der Waals surface area contributed by atoms with Gasteiger partial charge in [0, 0.05) is 15.2 Å². The molecule has 0 unspecified atom stereocenters. The van der Waals surface area contributed by atoms with Gasteiger partial charge in [0.1, 0.15) is 0 Å². The van der Waals surface area contributed by atoms with E-state index in [-0.39, 0.29) is 11.1 Å². The van der Waals surface area contributed by atoms with E-state index in [4.69, 9.17) is 0 Å². The van der Waals surface area contributed by atoms with Gasteiger partial charge < -0.3 is 10.2 Å². The Morgan fingerprint density at radius 3 is 1.91 bits per heavy atom. The molecule has 4 nitrogen and oxygen atoms in total. The van der Waals surface area contributed by atoms with E-state index in [0.717, 1.165) is 10.8 Å². The van der Waals surface area contributed by atoms with Crippen molar-refractivity contribution >= 4 is 58.7 Å². The van der Waals surface area contributed by atoms with Crippen LogP contribution in [0.4, 0.5) is 0 Å². The van der Waals surface area contributed by atoms with Crippen LogP contribution in [-0.2, 0) is 0 Å². The maximum atomic E-state index is 11.6. The molecule has 6 heteroatoms.